The number of aromatic nitrogens is 1. The van der Waals surface area contributed by atoms with Gasteiger partial charge in [0, 0.05) is 18.3 Å². The average molecular weight is 241 g/mol. The Balaban J connectivity index is 2.07. The summed E-state index contributed by atoms with van der Waals surface area (Å²) in [6, 6.07) is 5.06. The van der Waals surface area contributed by atoms with E-state index in [9.17, 15) is 13.2 Å². The molecule has 0 aromatic carbocycles. The lowest BCUT2D eigenvalue weighted by Crippen LogP contribution is -2.44. The summed E-state index contributed by atoms with van der Waals surface area (Å²) >= 11 is 0. The molecule has 6 heteroatoms. The van der Waals surface area contributed by atoms with Gasteiger partial charge in [-0.1, -0.05) is 6.07 Å². The molecule has 1 N–H and O–H groups in total. The maximum Gasteiger partial charge on any atom is 0.406 e. The summed E-state index contributed by atoms with van der Waals surface area (Å²) in [6.07, 6.45) is -2.60. The average Bonchev–Trinajstić information content (AvgIpc) is 3.07. The third kappa shape index (κ3) is 2.24. The highest BCUT2D eigenvalue weighted by Gasteiger charge is 2.62. The van der Waals surface area contributed by atoms with Crippen LogP contribution in [0.25, 0.3) is 0 Å². The minimum absolute atomic E-state index is 0.0102. The molecule has 1 aromatic rings. The van der Waals surface area contributed by atoms with Crippen molar-refractivity contribution in [1.29, 1.82) is 5.26 Å². The van der Waals surface area contributed by atoms with Crippen molar-refractivity contribution in [2.45, 2.75) is 31.1 Å². The van der Waals surface area contributed by atoms with Gasteiger partial charge in [-0.25, -0.2) is 4.98 Å². The lowest BCUT2D eigenvalue weighted by Gasteiger charge is -2.20. The van der Waals surface area contributed by atoms with Crippen LogP contribution in [0.2, 0.25) is 0 Å². The van der Waals surface area contributed by atoms with Crippen LogP contribution in [-0.4, -0.2) is 16.7 Å². The molecule has 1 aliphatic carbocycles. The van der Waals surface area contributed by atoms with Crippen molar-refractivity contribution in [2.24, 2.45) is 0 Å². The van der Waals surface area contributed by atoms with Crippen LogP contribution in [0.1, 0.15) is 24.1 Å². The van der Waals surface area contributed by atoms with Gasteiger partial charge in [0.2, 0.25) is 0 Å². The predicted molar refractivity (Wildman–Crippen MR) is 53.8 cm³/mol. The Bertz CT molecular complexity index is 458. The number of hydrogen-bond donors (Lipinski definition) is 1. The zero-order valence-electron chi connectivity index (χ0n) is 8.88. The molecule has 2 rings (SSSR count). The fourth-order valence-corrected chi connectivity index (χ4v) is 1.63. The van der Waals surface area contributed by atoms with E-state index in [-0.39, 0.29) is 25.1 Å². The fourth-order valence-electron chi connectivity index (χ4n) is 1.63. The number of nitrogens with zero attached hydrogens (tertiary/aromatic N) is 2. The van der Waals surface area contributed by atoms with Crippen molar-refractivity contribution >= 4 is 0 Å². The molecule has 0 spiro atoms. The molecule has 1 aromatic heterocycles. The molecular weight excluding hydrogens is 231 g/mol. The van der Waals surface area contributed by atoms with Crippen LogP contribution in [0.3, 0.4) is 0 Å². The van der Waals surface area contributed by atoms with Gasteiger partial charge in [0.05, 0.1) is 0 Å². The molecule has 0 atom stereocenters. The smallest absolute Gasteiger partial charge is 0.299 e. The molecule has 0 saturated heterocycles. The van der Waals surface area contributed by atoms with Gasteiger partial charge in [-0.3, -0.25) is 5.32 Å². The monoisotopic (exact) mass is 241 g/mol. The van der Waals surface area contributed by atoms with E-state index in [1.165, 1.54) is 6.20 Å². The van der Waals surface area contributed by atoms with Gasteiger partial charge in [-0.2, -0.15) is 18.4 Å². The Morgan fingerprint density at radius 1 is 1.47 bits per heavy atom. The molecule has 1 aliphatic rings. The topological polar surface area (TPSA) is 48.7 Å². The molecule has 1 saturated carbocycles. The van der Waals surface area contributed by atoms with E-state index < -0.39 is 11.7 Å². The lowest BCUT2D eigenvalue weighted by molar-refractivity contribution is -0.166. The molecule has 0 aliphatic heterocycles. The first-order valence-electron chi connectivity index (χ1n) is 5.14. The van der Waals surface area contributed by atoms with Crippen molar-refractivity contribution in [1.82, 2.24) is 10.3 Å². The summed E-state index contributed by atoms with van der Waals surface area (Å²) in [5, 5.41) is 11.2. The second kappa shape index (κ2) is 4.00. The molecular formula is C11H10F3N3. The second-order valence-corrected chi connectivity index (χ2v) is 4.06. The standard InChI is InChI=1S/C11H10F3N3/c12-11(13,14)10(3-4-10)17-7-8-2-1-5-16-9(8)6-15/h1-2,5,17H,3-4,7H2. The molecule has 0 amide bonds. The maximum atomic E-state index is 12.6. The highest BCUT2D eigenvalue weighted by atomic mass is 19.4. The Kier molecular flexibility index (Phi) is 2.79. The summed E-state index contributed by atoms with van der Waals surface area (Å²) in [5.41, 5.74) is -1.10. The van der Waals surface area contributed by atoms with Crippen LogP contribution >= 0.6 is 0 Å². The van der Waals surface area contributed by atoms with Gasteiger partial charge in [-0.05, 0) is 18.9 Å². The zero-order chi connectivity index (χ0) is 12.5. The van der Waals surface area contributed by atoms with Crippen molar-refractivity contribution in [3.63, 3.8) is 0 Å². The molecule has 0 unspecified atom stereocenters. The highest BCUT2D eigenvalue weighted by molar-refractivity contribution is 5.30. The largest absolute Gasteiger partial charge is 0.406 e. The summed E-state index contributed by atoms with van der Waals surface area (Å²) in [7, 11) is 0. The Morgan fingerprint density at radius 3 is 2.71 bits per heavy atom. The van der Waals surface area contributed by atoms with Gasteiger partial charge in [0.1, 0.15) is 17.3 Å². The third-order valence-corrected chi connectivity index (χ3v) is 2.91. The van der Waals surface area contributed by atoms with E-state index in [2.05, 4.69) is 10.3 Å². The normalized spacial score (nSPS) is 17.5. The van der Waals surface area contributed by atoms with Crippen LogP contribution in [0.15, 0.2) is 18.3 Å². The molecule has 0 bridgehead atoms. The zero-order valence-corrected chi connectivity index (χ0v) is 8.88. The van der Waals surface area contributed by atoms with Gasteiger partial charge in [0.15, 0.2) is 0 Å². The number of rotatable bonds is 3. The Morgan fingerprint density at radius 2 is 2.18 bits per heavy atom. The van der Waals surface area contributed by atoms with E-state index in [0.29, 0.717) is 5.56 Å². The van der Waals surface area contributed by atoms with Gasteiger partial charge in [-0.15, -0.1) is 0 Å². The van der Waals surface area contributed by atoms with Crippen LogP contribution in [0, 0.1) is 11.3 Å². The highest BCUT2D eigenvalue weighted by Crippen LogP contribution is 2.49. The van der Waals surface area contributed by atoms with Crippen LogP contribution in [0.4, 0.5) is 13.2 Å². The molecule has 0 radical (unpaired) electrons. The summed E-state index contributed by atoms with van der Waals surface area (Å²) in [6.45, 7) is 0.0102. The summed E-state index contributed by atoms with van der Waals surface area (Å²) < 4.78 is 37.9. The van der Waals surface area contributed by atoms with Crippen molar-refractivity contribution in [2.75, 3.05) is 0 Å². The van der Waals surface area contributed by atoms with Gasteiger partial charge >= 0.3 is 6.18 Å². The van der Waals surface area contributed by atoms with Crippen LogP contribution < -0.4 is 5.32 Å². The molecule has 17 heavy (non-hydrogen) atoms. The first kappa shape index (κ1) is 11.9. The molecule has 1 fully saturated rings. The molecule has 1 heterocycles. The number of pyridine rings is 1. The van der Waals surface area contributed by atoms with Crippen LogP contribution in [0.5, 0.6) is 0 Å². The summed E-state index contributed by atoms with van der Waals surface area (Å²) in [4.78, 5) is 3.80. The number of alkyl halides is 3. The van der Waals surface area contributed by atoms with E-state index in [4.69, 9.17) is 5.26 Å². The second-order valence-electron chi connectivity index (χ2n) is 4.06. The Labute approximate surface area is 96.3 Å². The molecule has 90 valence electrons. The van der Waals surface area contributed by atoms with Gasteiger partial charge < -0.3 is 0 Å². The van der Waals surface area contributed by atoms with Crippen LogP contribution in [-0.2, 0) is 6.54 Å². The quantitative estimate of drug-likeness (QED) is 0.881. The minimum Gasteiger partial charge on any atom is -0.299 e. The van der Waals surface area contributed by atoms with E-state index in [0.717, 1.165) is 0 Å². The predicted octanol–water partition coefficient (Wildman–Crippen LogP) is 2.14. The van der Waals surface area contributed by atoms with E-state index >= 15 is 0 Å². The number of nitrogens with one attached hydrogen (secondary N) is 1. The first-order chi connectivity index (χ1) is 7.98. The Hall–Kier alpha value is -1.61. The molecule has 3 nitrogen and oxygen atoms in total. The number of halogens is 3. The van der Waals surface area contributed by atoms with Crippen molar-refractivity contribution < 1.29 is 13.2 Å². The SMILES string of the molecule is N#Cc1ncccc1CNC1(C(F)(F)F)CC1. The lowest BCUT2D eigenvalue weighted by atomic mass is 10.1. The van der Waals surface area contributed by atoms with Crippen molar-refractivity contribution in [3.8, 4) is 6.07 Å². The van der Waals surface area contributed by atoms with E-state index in [1.54, 1.807) is 12.1 Å². The third-order valence-electron chi connectivity index (χ3n) is 2.91. The summed E-state index contributed by atoms with van der Waals surface area (Å²) in [5.74, 6) is 0. The fraction of sp³-hybridized carbons (Fsp3) is 0.455. The van der Waals surface area contributed by atoms with Crippen molar-refractivity contribution in [3.05, 3.63) is 29.6 Å². The minimum atomic E-state index is -4.23. The number of nitriles is 1. The van der Waals surface area contributed by atoms with E-state index in [1.807, 2.05) is 6.07 Å². The van der Waals surface area contributed by atoms with Gasteiger partial charge in [0.25, 0.3) is 0 Å². The number of hydrogen-bond acceptors (Lipinski definition) is 3. The maximum absolute atomic E-state index is 12.6. The first-order valence-corrected chi connectivity index (χ1v) is 5.14.